The van der Waals surface area contributed by atoms with Crippen molar-refractivity contribution >= 4 is 28.5 Å². The van der Waals surface area contributed by atoms with Crippen LogP contribution >= 0.6 is 22.6 Å². The lowest BCUT2D eigenvalue weighted by atomic mass is 10.0. The molecule has 94 valence electrons. The van der Waals surface area contributed by atoms with E-state index in [1.54, 1.807) is 6.92 Å². The fourth-order valence-corrected chi connectivity index (χ4v) is 1.90. The van der Waals surface area contributed by atoms with E-state index in [1.807, 2.05) is 24.3 Å². The quantitative estimate of drug-likeness (QED) is 0.686. The zero-order chi connectivity index (χ0) is 12.9. The molecule has 3 N–H and O–H groups in total. The number of carbonyl (C=O) groups excluding carboxylic acids is 1. The Morgan fingerprint density at radius 1 is 1.35 bits per heavy atom. The second kappa shape index (κ2) is 6.32. The van der Waals surface area contributed by atoms with Gasteiger partial charge in [-0.2, -0.15) is 0 Å². The summed E-state index contributed by atoms with van der Waals surface area (Å²) in [4.78, 5) is 11.8. The third-order valence-corrected chi connectivity index (χ3v) is 3.50. The Kier molecular flexibility index (Phi) is 5.35. The lowest BCUT2D eigenvalue weighted by molar-refractivity contribution is -0.123. The first-order valence-electron chi connectivity index (χ1n) is 5.27. The summed E-state index contributed by atoms with van der Waals surface area (Å²) in [6.07, 6.45) is 0.245. The van der Waals surface area contributed by atoms with Crippen molar-refractivity contribution in [3.8, 4) is 0 Å². The standard InChI is InChI=1S/C12H16INO3/c1-12(7-15,8-16)14-11(17)6-9-4-2-3-5-10(9)13/h2-5,15-16H,6-8H2,1H3,(H,14,17). The molecule has 0 bridgehead atoms. The summed E-state index contributed by atoms with van der Waals surface area (Å²) in [6.45, 7) is 1.02. The van der Waals surface area contributed by atoms with Crippen LogP contribution in [-0.4, -0.2) is 34.9 Å². The fraction of sp³-hybridized carbons (Fsp3) is 0.417. The van der Waals surface area contributed by atoms with Gasteiger partial charge in [0.2, 0.25) is 5.91 Å². The van der Waals surface area contributed by atoms with Crippen molar-refractivity contribution in [2.75, 3.05) is 13.2 Å². The molecule has 0 atom stereocenters. The molecule has 1 rings (SSSR count). The summed E-state index contributed by atoms with van der Waals surface area (Å²) in [5.74, 6) is -0.209. The molecular weight excluding hydrogens is 333 g/mol. The molecule has 1 amide bonds. The van der Waals surface area contributed by atoms with Crippen molar-refractivity contribution in [3.05, 3.63) is 33.4 Å². The molecular formula is C12H16INO3. The molecule has 0 unspecified atom stereocenters. The topological polar surface area (TPSA) is 69.6 Å². The molecule has 0 fully saturated rings. The Morgan fingerprint density at radius 2 is 1.94 bits per heavy atom. The van der Waals surface area contributed by atoms with Crippen LogP contribution in [0.15, 0.2) is 24.3 Å². The highest BCUT2D eigenvalue weighted by atomic mass is 127. The molecule has 1 aromatic rings. The zero-order valence-electron chi connectivity index (χ0n) is 9.61. The van der Waals surface area contributed by atoms with Gasteiger partial charge in [0, 0.05) is 3.57 Å². The number of halogens is 1. The summed E-state index contributed by atoms with van der Waals surface area (Å²) >= 11 is 2.17. The largest absolute Gasteiger partial charge is 0.394 e. The summed E-state index contributed by atoms with van der Waals surface area (Å²) < 4.78 is 1.02. The normalized spacial score (nSPS) is 11.3. The molecule has 0 aliphatic heterocycles. The van der Waals surface area contributed by atoms with E-state index in [2.05, 4.69) is 27.9 Å². The first-order chi connectivity index (χ1) is 8.00. The van der Waals surface area contributed by atoms with E-state index in [9.17, 15) is 4.79 Å². The summed E-state index contributed by atoms with van der Waals surface area (Å²) in [6, 6.07) is 7.60. The number of nitrogens with one attached hydrogen (secondary N) is 1. The Morgan fingerprint density at radius 3 is 2.47 bits per heavy atom. The molecule has 1 aromatic carbocycles. The van der Waals surface area contributed by atoms with Crippen molar-refractivity contribution in [2.24, 2.45) is 0 Å². The van der Waals surface area contributed by atoms with Crippen molar-refractivity contribution in [1.82, 2.24) is 5.32 Å². The van der Waals surface area contributed by atoms with Crippen LogP contribution in [0, 0.1) is 3.57 Å². The Balaban J connectivity index is 2.65. The molecule has 5 heteroatoms. The third kappa shape index (κ3) is 4.25. The lowest BCUT2D eigenvalue weighted by Crippen LogP contribution is -2.52. The van der Waals surface area contributed by atoms with Gasteiger partial charge in [-0.05, 0) is 41.1 Å². The lowest BCUT2D eigenvalue weighted by Gasteiger charge is -2.26. The second-order valence-electron chi connectivity index (χ2n) is 4.19. The number of hydrogen-bond acceptors (Lipinski definition) is 3. The van der Waals surface area contributed by atoms with Crippen LogP contribution < -0.4 is 5.32 Å². The van der Waals surface area contributed by atoms with E-state index in [4.69, 9.17) is 10.2 Å². The van der Waals surface area contributed by atoms with Crippen molar-refractivity contribution < 1.29 is 15.0 Å². The van der Waals surface area contributed by atoms with Crippen LogP contribution in [0.4, 0.5) is 0 Å². The van der Waals surface area contributed by atoms with Crippen LogP contribution in [-0.2, 0) is 11.2 Å². The van der Waals surface area contributed by atoms with Gasteiger partial charge in [0.15, 0.2) is 0 Å². The number of hydrogen-bond donors (Lipinski definition) is 3. The monoisotopic (exact) mass is 349 g/mol. The van der Waals surface area contributed by atoms with Gasteiger partial charge in [-0.1, -0.05) is 18.2 Å². The van der Waals surface area contributed by atoms with Gasteiger partial charge in [-0.3, -0.25) is 4.79 Å². The molecule has 17 heavy (non-hydrogen) atoms. The molecule has 0 aliphatic rings. The SMILES string of the molecule is CC(CO)(CO)NC(=O)Cc1ccccc1I. The second-order valence-corrected chi connectivity index (χ2v) is 5.36. The van der Waals surface area contributed by atoms with E-state index in [1.165, 1.54) is 0 Å². The Hall–Kier alpha value is -0.660. The summed E-state index contributed by atoms with van der Waals surface area (Å²) in [5.41, 5.74) is -0.0269. The van der Waals surface area contributed by atoms with E-state index >= 15 is 0 Å². The molecule has 0 aromatic heterocycles. The minimum atomic E-state index is -0.961. The van der Waals surface area contributed by atoms with Crippen LogP contribution in [0.2, 0.25) is 0 Å². The molecule has 4 nitrogen and oxygen atoms in total. The van der Waals surface area contributed by atoms with Gasteiger partial charge >= 0.3 is 0 Å². The van der Waals surface area contributed by atoms with Gasteiger partial charge in [0.05, 0.1) is 25.2 Å². The smallest absolute Gasteiger partial charge is 0.225 e. The summed E-state index contributed by atoms with van der Waals surface area (Å²) in [7, 11) is 0. The van der Waals surface area contributed by atoms with Crippen LogP contribution in [0.25, 0.3) is 0 Å². The van der Waals surface area contributed by atoms with Gasteiger partial charge in [-0.25, -0.2) is 0 Å². The minimum Gasteiger partial charge on any atom is -0.394 e. The molecule has 0 spiro atoms. The number of amides is 1. The maximum Gasteiger partial charge on any atom is 0.225 e. The number of carbonyl (C=O) groups is 1. The van der Waals surface area contributed by atoms with E-state index < -0.39 is 5.54 Å². The zero-order valence-corrected chi connectivity index (χ0v) is 11.8. The number of rotatable bonds is 5. The molecule has 0 saturated heterocycles. The van der Waals surface area contributed by atoms with Crippen LogP contribution in [0.5, 0.6) is 0 Å². The van der Waals surface area contributed by atoms with Crippen LogP contribution in [0.1, 0.15) is 12.5 Å². The molecule has 0 heterocycles. The van der Waals surface area contributed by atoms with E-state index in [-0.39, 0.29) is 25.5 Å². The van der Waals surface area contributed by atoms with Gasteiger partial charge in [-0.15, -0.1) is 0 Å². The number of aliphatic hydroxyl groups excluding tert-OH is 2. The third-order valence-electron chi connectivity index (χ3n) is 2.45. The Bertz CT molecular complexity index is 391. The maximum absolute atomic E-state index is 11.8. The molecule has 0 aliphatic carbocycles. The van der Waals surface area contributed by atoms with Gasteiger partial charge in [0.25, 0.3) is 0 Å². The fourth-order valence-electron chi connectivity index (χ4n) is 1.32. The van der Waals surface area contributed by atoms with Gasteiger partial charge < -0.3 is 15.5 Å². The molecule has 0 radical (unpaired) electrons. The minimum absolute atomic E-state index is 0.209. The van der Waals surface area contributed by atoms with E-state index in [0.717, 1.165) is 9.13 Å². The van der Waals surface area contributed by atoms with Crippen molar-refractivity contribution in [2.45, 2.75) is 18.9 Å². The average Bonchev–Trinajstić information content (AvgIpc) is 2.32. The first kappa shape index (κ1) is 14.4. The molecule has 0 saturated carbocycles. The van der Waals surface area contributed by atoms with Crippen molar-refractivity contribution in [1.29, 1.82) is 0 Å². The van der Waals surface area contributed by atoms with E-state index in [0.29, 0.717) is 0 Å². The average molecular weight is 349 g/mol. The highest BCUT2D eigenvalue weighted by Crippen LogP contribution is 2.12. The predicted octanol–water partition coefficient (Wildman–Crippen LogP) is 0.693. The Labute approximate surface area is 114 Å². The highest BCUT2D eigenvalue weighted by molar-refractivity contribution is 14.1. The van der Waals surface area contributed by atoms with Gasteiger partial charge in [0.1, 0.15) is 0 Å². The maximum atomic E-state index is 11.8. The first-order valence-corrected chi connectivity index (χ1v) is 6.35. The van der Waals surface area contributed by atoms with Crippen molar-refractivity contribution in [3.63, 3.8) is 0 Å². The number of benzene rings is 1. The highest BCUT2D eigenvalue weighted by Gasteiger charge is 2.24. The number of aliphatic hydroxyl groups is 2. The summed E-state index contributed by atoms with van der Waals surface area (Å²) in [5, 5.41) is 20.8. The van der Waals surface area contributed by atoms with Crippen LogP contribution in [0.3, 0.4) is 0 Å². The predicted molar refractivity (Wildman–Crippen MR) is 73.6 cm³/mol.